The third-order valence-corrected chi connectivity index (χ3v) is 6.18. The van der Waals surface area contributed by atoms with E-state index in [1.807, 2.05) is 11.8 Å². The van der Waals surface area contributed by atoms with Gasteiger partial charge in [0.25, 0.3) is 0 Å². The summed E-state index contributed by atoms with van der Waals surface area (Å²) < 4.78 is 0. The van der Waals surface area contributed by atoms with Gasteiger partial charge < -0.3 is 5.43 Å². The molecule has 2 N–H and O–H groups in total. The molecule has 1 aliphatic carbocycles. The van der Waals surface area contributed by atoms with Crippen LogP contribution in [0.2, 0.25) is 0 Å². The molecule has 118 valence electrons. The van der Waals surface area contributed by atoms with Crippen LogP contribution >= 0.6 is 11.8 Å². The molecule has 2 aromatic carbocycles. The second-order valence-electron chi connectivity index (χ2n) is 6.31. The molecule has 1 unspecified atom stereocenters. The fourth-order valence-electron chi connectivity index (χ4n) is 3.71. The standard InChI is InChI=1S/C21H18N2S/c1-2-10-20-17(7-1)18-9-4-8-16(21(18)24-20)14-5-3-6-15(13-14)19-11-12-22-23-19/h1-8,10-11,13,18,22-23H,9,12H2. The fourth-order valence-corrected chi connectivity index (χ4v) is 5.08. The summed E-state index contributed by atoms with van der Waals surface area (Å²) in [5, 5.41) is 0. The molecule has 0 amide bonds. The summed E-state index contributed by atoms with van der Waals surface area (Å²) in [5.74, 6) is 0.528. The van der Waals surface area contributed by atoms with Crippen molar-refractivity contribution in [3.05, 3.63) is 88.4 Å². The SMILES string of the molecule is C1=CC(c2cccc(C3=CCNN3)c2)=C2Sc3ccccc3C2C1. The van der Waals surface area contributed by atoms with Gasteiger partial charge in [-0.05, 0) is 46.9 Å². The highest BCUT2D eigenvalue weighted by molar-refractivity contribution is 8.03. The summed E-state index contributed by atoms with van der Waals surface area (Å²) in [4.78, 5) is 2.92. The Morgan fingerprint density at radius 3 is 2.83 bits per heavy atom. The summed E-state index contributed by atoms with van der Waals surface area (Å²) >= 11 is 1.95. The molecular formula is C21H18N2S. The van der Waals surface area contributed by atoms with E-state index < -0.39 is 0 Å². The Morgan fingerprint density at radius 1 is 1.00 bits per heavy atom. The number of fused-ring (bicyclic) bond motifs is 3. The lowest BCUT2D eigenvalue weighted by molar-refractivity contribution is 0.738. The van der Waals surface area contributed by atoms with Gasteiger partial charge in [0, 0.05) is 22.3 Å². The molecular weight excluding hydrogens is 312 g/mol. The topological polar surface area (TPSA) is 24.1 Å². The third-order valence-electron chi connectivity index (χ3n) is 4.87. The number of thioether (sulfide) groups is 1. The number of allylic oxidation sites excluding steroid dienone is 4. The summed E-state index contributed by atoms with van der Waals surface area (Å²) in [7, 11) is 0. The Bertz CT molecular complexity index is 908. The number of hydrazine groups is 1. The minimum absolute atomic E-state index is 0.528. The second-order valence-corrected chi connectivity index (χ2v) is 7.40. The van der Waals surface area contributed by atoms with Gasteiger partial charge in [0.1, 0.15) is 0 Å². The van der Waals surface area contributed by atoms with E-state index in [4.69, 9.17) is 0 Å². The Labute approximate surface area is 146 Å². The predicted octanol–water partition coefficient (Wildman–Crippen LogP) is 4.70. The fraction of sp³-hybridized carbons (Fsp3) is 0.143. The highest BCUT2D eigenvalue weighted by Crippen LogP contribution is 2.54. The zero-order chi connectivity index (χ0) is 15.9. The van der Waals surface area contributed by atoms with Gasteiger partial charge >= 0.3 is 0 Å². The summed E-state index contributed by atoms with van der Waals surface area (Å²) in [6, 6.07) is 17.7. The van der Waals surface area contributed by atoms with E-state index in [1.54, 1.807) is 0 Å². The Morgan fingerprint density at radius 2 is 1.92 bits per heavy atom. The number of hydrogen-bond donors (Lipinski definition) is 2. The van der Waals surface area contributed by atoms with Gasteiger partial charge in [-0.2, -0.15) is 0 Å². The van der Waals surface area contributed by atoms with Crippen LogP contribution < -0.4 is 10.9 Å². The van der Waals surface area contributed by atoms with Crippen molar-refractivity contribution in [3.63, 3.8) is 0 Å². The van der Waals surface area contributed by atoms with Crippen molar-refractivity contribution in [1.29, 1.82) is 0 Å². The summed E-state index contributed by atoms with van der Waals surface area (Å²) in [6.45, 7) is 0.876. The molecule has 1 atom stereocenters. The van der Waals surface area contributed by atoms with E-state index in [1.165, 1.54) is 37.8 Å². The minimum atomic E-state index is 0.528. The van der Waals surface area contributed by atoms with Crippen molar-refractivity contribution >= 4 is 23.0 Å². The van der Waals surface area contributed by atoms with Crippen LogP contribution in [0.3, 0.4) is 0 Å². The number of benzene rings is 2. The summed E-state index contributed by atoms with van der Waals surface area (Å²) in [5.41, 5.74) is 13.0. The predicted molar refractivity (Wildman–Crippen MR) is 101 cm³/mol. The van der Waals surface area contributed by atoms with Crippen LogP contribution in [0.4, 0.5) is 0 Å². The Balaban J connectivity index is 1.60. The molecule has 5 rings (SSSR count). The van der Waals surface area contributed by atoms with Crippen LogP contribution in [-0.4, -0.2) is 6.54 Å². The number of nitrogens with one attached hydrogen (secondary N) is 2. The van der Waals surface area contributed by atoms with Crippen LogP contribution in [0, 0.1) is 0 Å². The summed E-state index contributed by atoms with van der Waals surface area (Å²) in [6.07, 6.45) is 7.93. The highest BCUT2D eigenvalue weighted by Gasteiger charge is 2.31. The molecule has 0 bridgehead atoms. The van der Waals surface area contributed by atoms with Crippen LogP contribution in [-0.2, 0) is 0 Å². The van der Waals surface area contributed by atoms with Crippen LogP contribution in [0.25, 0.3) is 11.3 Å². The maximum atomic E-state index is 3.24. The van der Waals surface area contributed by atoms with Gasteiger partial charge in [-0.3, -0.25) is 0 Å². The molecule has 0 saturated carbocycles. The average molecular weight is 330 g/mol. The largest absolute Gasteiger partial charge is 0.321 e. The smallest absolute Gasteiger partial charge is 0.0533 e. The zero-order valence-corrected chi connectivity index (χ0v) is 14.1. The van der Waals surface area contributed by atoms with Crippen molar-refractivity contribution in [3.8, 4) is 0 Å². The number of hydrogen-bond acceptors (Lipinski definition) is 3. The average Bonchev–Trinajstić information content (AvgIpc) is 3.29. The molecule has 2 aromatic rings. The minimum Gasteiger partial charge on any atom is -0.321 e. The van der Waals surface area contributed by atoms with Gasteiger partial charge in [0.05, 0.1) is 5.70 Å². The first kappa shape index (κ1) is 14.1. The lowest BCUT2D eigenvalue weighted by atomic mass is 9.87. The zero-order valence-electron chi connectivity index (χ0n) is 13.3. The molecule has 24 heavy (non-hydrogen) atoms. The normalized spacial score (nSPS) is 21.3. The van der Waals surface area contributed by atoms with Crippen molar-refractivity contribution in [2.45, 2.75) is 17.2 Å². The van der Waals surface area contributed by atoms with Gasteiger partial charge in [-0.1, -0.05) is 60.3 Å². The monoisotopic (exact) mass is 330 g/mol. The first-order valence-corrected chi connectivity index (χ1v) is 9.19. The van der Waals surface area contributed by atoms with Crippen molar-refractivity contribution in [2.75, 3.05) is 6.54 Å². The molecule has 0 fully saturated rings. The first-order valence-electron chi connectivity index (χ1n) is 8.37. The van der Waals surface area contributed by atoms with E-state index in [0.29, 0.717) is 5.92 Å². The molecule has 2 aliphatic heterocycles. The van der Waals surface area contributed by atoms with Gasteiger partial charge in [0.2, 0.25) is 0 Å². The molecule has 0 spiro atoms. The molecule has 0 saturated heterocycles. The molecule has 3 aliphatic rings. The van der Waals surface area contributed by atoms with Crippen molar-refractivity contribution in [2.24, 2.45) is 0 Å². The van der Waals surface area contributed by atoms with E-state index >= 15 is 0 Å². The quantitative estimate of drug-likeness (QED) is 0.835. The van der Waals surface area contributed by atoms with E-state index in [9.17, 15) is 0 Å². The lowest BCUT2D eigenvalue weighted by Gasteiger charge is -2.19. The maximum Gasteiger partial charge on any atom is 0.0533 e. The maximum absolute atomic E-state index is 3.24. The molecule has 3 heteroatoms. The van der Waals surface area contributed by atoms with Gasteiger partial charge in [0.15, 0.2) is 0 Å². The van der Waals surface area contributed by atoms with Gasteiger partial charge in [-0.15, -0.1) is 0 Å². The third kappa shape index (κ3) is 2.24. The lowest BCUT2D eigenvalue weighted by Crippen LogP contribution is -2.23. The first-order chi connectivity index (χ1) is 11.9. The Hall–Kier alpha value is -2.23. The van der Waals surface area contributed by atoms with E-state index in [0.717, 1.165) is 13.0 Å². The van der Waals surface area contributed by atoms with Crippen LogP contribution in [0.5, 0.6) is 0 Å². The molecule has 0 radical (unpaired) electrons. The van der Waals surface area contributed by atoms with E-state index in [-0.39, 0.29) is 0 Å². The van der Waals surface area contributed by atoms with Crippen LogP contribution in [0.15, 0.2) is 76.6 Å². The van der Waals surface area contributed by atoms with Gasteiger partial charge in [-0.25, -0.2) is 5.43 Å². The van der Waals surface area contributed by atoms with Crippen molar-refractivity contribution < 1.29 is 0 Å². The van der Waals surface area contributed by atoms with Crippen LogP contribution in [0.1, 0.15) is 29.0 Å². The Kier molecular flexibility index (Phi) is 3.35. The second kappa shape index (κ2) is 5.69. The van der Waals surface area contributed by atoms with Crippen molar-refractivity contribution in [1.82, 2.24) is 10.9 Å². The van der Waals surface area contributed by atoms with E-state index in [2.05, 4.69) is 77.6 Å². The highest BCUT2D eigenvalue weighted by atomic mass is 32.2. The number of rotatable bonds is 2. The molecule has 2 nitrogen and oxygen atoms in total. The molecule has 0 aromatic heterocycles. The molecule has 2 heterocycles.